The highest BCUT2D eigenvalue weighted by Gasteiger charge is 2.35. The normalized spacial score (nSPS) is 12.1. The zero-order valence-electron chi connectivity index (χ0n) is 5.20. The SMILES string of the molecule is CN(C)C(O)(O)C(=O)O. The molecule has 0 aromatic rings. The molecule has 0 fully saturated rings. The third-order valence-electron chi connectivity index (χ3n) is 0.911. The highest BCUT2D eigenvalue weighted by atomic mass is 16.6. The molecule has 0 heterocycles. The summed E-state index contributed by atoms with van der Waals surface area (Å²) in [6.45, 7) is 0. The molecule has 3 N–H and O–H groups in total. The number of rotatable bonds is 2. The molecule has 0 rings (SSSR count). The maximum atomic E-state index is 9.92. The third-order valence-corrected chi connectivity index (χ3v) is 0.911. The summed E-state index contributed by atoms with van der Waals surface area (Å²) in [5.74, 6) is -4.44. The van der Waals surface area contributed by atoms with Gasteiger partial charge in [0.25, 0.3) is 0 Å². The first-order chi connectivity index (χ1) is 3.89. The van der Waals surface area contributed by atoms with Gasteiger partial charge in [0.15, 0.2) is 0 Å². The second-order valence-corrected chi connectivity index (χ2v) is 1.83. The first-order valence-electron chi connectivity index (χ1n) is 2.24. The van der Waals surface area contributed by atoms with Gasteiger partial charge in [-0.05, 0) is 14.1 Å². The average Bonchev–Trinajstić information content (AvgIpc) is 1.65. The molecule has 0 radical (unpaired) electrons. The average molecular weight is 135 g/mol. The number of carbonyl (C=O) groups is 1. The van der Waals surface area contributed by atoms with E-state index in [0.29, 0.717) is 0 Å². The molecule has 0 aliphatic heterocycles. The summed E-state index contributed by atoms with van der Waals surface area (Å²) < 4.78 is 0. The second-order valence-electron chi connectivity index (χ2n) is 1.83. The molecular weight excluding hydrogens is 126 g/mol. The van der Waals surface area contributed by atoms with Gasteiger partial charge >= 0.3 is 11.9 Å². The summed E-state index contributed by atoms with van der Waals surface area (Å²) in [7, 11) is 2.49. The Morgan fingerprint density at radius 3 is 1.78 bits per heavy atom. The van der Waals surface area contributed by atoms with E-state index in [4.69, 9.17) is 15.3 Å². The van der Waals surface area contributed by atoms with E-state index in [-0.39, 0.29) is 0 Å². The molecular formula is C4H9NO4. The zero-order valence-corrected chi connectivity index (χ0v) is 5.20. The minimum Gasteiger partial charge on any atom is -0.476 e. The summed E-state index contributed by atoms with van der Waals surface area (Å²) in [6, 6.07) is 0. The van der Waals surface area contributed by atoms with Crippen molar-refractivity contribution < 1.29 is 20.1 Å². The topological polar surface area (TPSA) is 81.0 Å². The van der Waals surface area contributed by atoms with Crippen molar-refractivity contribution in [1.29, 1.82) is 0 Å². The van der Waals surface area contributed by atoms with Gasteiger partial charge in [0.05, 0.1) is 0 Å². The number of aliphatic carboxylic acids is 1. The van der Waals surface area contributed by atoms with Crippen LogP contribution in [0, 0.1) is 0 Å². The van der Waals surface area contributed by atoms with Crippen LogP contribution in [0.2, 0.25) is 0 Å². The number of hydrogen-bond acceptors (Lipinski definition) is 4. The van der Waals surface area contributed by atoms with Crippen molar-refractivity contribution in [3.8, 4) is 0 Å². The van der Waals surface area contributed by atoms with Crippen LogP contribution in [0.3, 0.4) is 0 Å². The van der Waals surface area contributed by atoms with E-state index in [0.717, 1.165) is 4.90 Å². The van der Waals surface area contributed by atoms with Crippen LogP contribution in [0.4, 0.5) is 0 Å². The molecule has 0 aromatic heterocycles. The Kier molecular flexibility index (Phi) is 2.13. The number of carboxylic acid groups (broad SMARTS) is 1. The van der Waals surface area contributed by atoms with Crippen molar-refractivity contribution in [3.05, 3.63) is 0 Å². The lowest BCUT2D eigenvalue weighted by Gasteiger charge is -2.22. The largest absolute Gasteiger partial charge is 0.476 e. The lowest BCUT2D eigenvalue weighted by Crippen LogP contribution is -2.50. The Morgan fingerprint density at radius 2 is 1.78 bits per heavy atom. The standard InChI is InChI=1S/C4H9NO4/c1-5(2)4(8,9)3(6)7/h8-9H,1-2H3,(H,6,7). The molecule has 0 unspecified atom stereocenters. The minimum atomic E-state index is -2.75. The second kappa shape index (κ2) is 2.30. The Bertz CT molecular complexity index is 120. The van der Waals surface area contributed by atoms with Gasteiger partial charge in [-0.3, -0.25) is 0 Å². The smallest absolute Gasteiger partial charge is 0.381 e. The van der Waals surface area contributed by atoms with Crippen molar-refractivity contribution in [2.75, 3.05) is 14.1 Å². The summed E-state index contributed by atoms with van der Waals surface area (Å²) in [4.78, 5) is 10.7. The predicted octanol–water partition coefficient (Wildman–Crippen LogP) is -1.73. The van der Waals surface area contributed by atoms with Gasteiger partial charge in [0.1, 0.15) is 0 Å². The fourth-order valence-corrected chi connectivity index (χ4v) is 0.191. The Hall–Kier alpha value is -0.650. The highest BCUT2D eigenvalue weighted by molar-refractivity contribution is 5.74. The van der Waals surface area contributed by atoms with Gasteiger partial charge < -0.3 is 15.3 Å². The van der Waals surface area contributed by atoms with E-state index in [1.165, 1.54) is 14.1 Å². The minimum absolute atomic E-state index is 0.773. The van der Waals surface area contributed by atoms with Gasteiger partial charge in [-0.2, -0.15) is 0 Å². The van der Waals surface area contributed by atoms with Crippen LogP contribution in [0.1, 0.15) is 0 Å². The Morgan fingerprint density at radius 1 is 1.44 bits per heavy atom. The highest BCUT2D eigenvalue weighted by Crippen LogP contribution is 2.00. The summed E-state index contributed by atoms with van der Waals surface area (Å²) in [5.41, 5.74) is 0. The van der Waals surface area contributed by atoms with Crippen LogP contribution in [0.5, 0.6) is 0 Å². The maximum absolute atomic E-state index is 9.92. The molecule has 0 saturated heterocycles. The van der Waals surface area contributed by atoms with Crippen LogP contribution in [-0.2, 0) is 4.79 Å². The summed E-state index contributed by atoms with van der Waals surface area (Å²) in [5, 5.41) is 25.2. The van der Waals surface area contributed by atoms with Crippen molar-refractivity contribution >= 4 is 5.97 Å². The molecule has 0 saturated carbocycles. The molecule has 0 spiro atoms. The van der Waals surface area contributed by atoms with E-state index < -0.39 is 11.9 Å². The first-order valence-corrected chi connectivity index (χ1v) is 2.24. The van der Waals surface area contributed by atoms with Gasteiger partial charge in [-0.15, -0.1) is 0 Å². The van der Waals surface area contributed by atoms with Crippen LogP contribution >= 0.6 is 0 Å². The van der Waals surface area contributed by atoms with Crippen LogP contribution in [-0.4, -0.2) is 46.2 Å². The Balaban J connectivity index is 4.19. The first kappa shape index (κ1) is 8.35. The van der Waals surface area contributed by atoms with Gasteiger partial charge in [-0.25, -0.2) is 9.69 Å². The number of likely N-dealkylation sites (N-methyl/N-ethyl adjacent to an activating group) is 1. The molecule has 5 heteroatoms. The zero-order chi connectivity index (χ0) is 7.65. The van der Waals surface area contributed by atoms with E-state index in [1.54, 1.807) is 0 Å². The van der Waals surface area contributed by atoms with Gasteiger partial charge in [0, 0.05) is 0 Å². The monoisotopic (exact) mass is 135 g/mol. The number of aliphatic hydroxyl groups is 2. The molecule has 0 aliphatic rings. The van der Waals surface area contributed by atoms with Crippen LogP contribution in [0.25, 0.3) is 0 Å². The molecule has 54 valence electrons. The molecule has 5 nitrogen and oxygen atoms in total. The van der Waals surface area contributed by atoms with E-state index >= 15 is 0 Å². The fraction of sp³-hybridized carbons (Fsp3) is 0.750. The summed E-state index contributed by atoms with van der Waals surface area (Å²) >= 11 is 0. The number of nitrogens with zero attached hydrogens (tertiary/aromatic N) is 1. The van der Waals surface area contributed by atoms with E-state index in [1.807, 2.05) is 0 Å². The van der Waals surface area contributed by atoms with E-state index in [2.05, 4.69) is 0 Å². The van der Waals surface area contributed by atoms with Crippen molar-refractivity contribution in [3.63, 3.8) is 0 Å². The van der Waals surface area contributed by atoms with E-state index in [9.17, 15) is 4.79 Å². The third kappa shape index (κ3) is 1.63. The Labute approximate surface area is 52.1 Å². The maximum Gasteiger partial charge on any atom is 0.381 e. The molecule has 0 aliphatic carbocycles. The van der Waals surface area contributed by atoms with Crippen molar-refractivity contribution in [2.24, 2.45) is 0 Å². The van der Waals surface area contributed by atoms with Crippen molar-refractivity contribution in [1.82, 2.24) is 4.90 Å². The van der Waals surface area contributed by atoms with Gasteiger partial charge in [-0.1, -0.05) is 0 Å². The van der Waals surface area contributed by atoms with Gasteiger partial charge in [0.2, 0.25) is 0 Å². The van der Waals surface area contributed by atoms with Crippen LogP contribution in [0.15, 0.2) is 0 Å². The molecule has 0 atom stereocenters. The van der Waals surface area contributed by atoms with Crippen LogP contribution < -0.4 is 0 Å². The lowest BCUT2D eigenvalue weighted by molar-refractivity contribution is -0.252. The fourth-order valence-electron chi connectivity index (χ4n) is 0.191. The predicted molar refractivity (Wildman–Crippen MR) is 28.5 cm³/mol. The lowest BCUT2D eigenvalue weighted by atomic mass is 10.4. The molecule has 0 aromatic carbocycles. The molecule has 0 amide bonds. The van der Waals surface area contributed by atoms with Crippen molar-refractivity contribution in [2.45, 2.75) is 5.91 Å². The quantitative estimate of drug-likeness (QED) is 0.392. The summed E-state index contributed by atoms with van der Waals surface area (Å²) in [6.07, 6.45) is 0. The molecule has 9 heavy (non-hydrogen) atoms. The molecule has 0 bridgehead atoms. The number of carboxylic acids is 1. The number of hydrogen-bond donors (Lipinski definition) is 3.